The van der Waals surface area contributed by atoms with Crippen molar-refractivity contribution in [2.45, 2.75) is 71.5 Å². The molecule has 0 aliphatic heterocycles. The monoisotopic (exact) mass is 202 g/mol. The van der Waals surface area contributed by atoms with Gasteiger partial charge in [-0.05, 0) is 18.8 Å². The first kappa shape index (κ1) is 13.9. The quantitative estimate of drug-likeness (QED) is 0.635. The predicted octanol–water partition coefficient (Wildman–Crippen LogP) is 2.72. The minimum atomic E-state index is -0.522. The van der Waals surface area contributed by atoms with Crippen LogP contribution in [-0.4, -0.2) is 22.4 Å². The van der Waals surface area contributed by atoms with Crippen molar-refractivity contribution in [3.63, 3.8) is 0 Å². The standard InChI is InChI=1S/C12H26O2/c1-4-7-8-11(13)12(14)9-10(5-2)6-3/h10-14H,4-9H2,1-3H3. The maximum Gasteiger partial charge on any atom is 0.0801 e. The molecule has 0 aromatic rings. The van der Waals surface area contributed by atoms with Crippen molar-refractivity contribution >= 4 is 0 Å². The molecule has 0 radical (unpaired) electrons. The number of hydrogen-bond acceptors (Lipinski definition) is 2. The first-order chi connectivity index (χ1) is 6.65. The molecule has 0 bridgehead atoms. The summed E-state index contributed by atoms with van der Waals surface area (Å²) in [4.78, 5) is 0. The van der Waals surface area contributed by atoms with Crippen molar-refractivity contribution < 1.29 is 10.2 Å². The van der Waals surface area contributed by atoms with Gasteiger partial charge in [-0.3, -0.25) is 0 Å². The molecule has 0 aromatic heterocycles. The highest BCUT2D eigenvalue weighted by atomic mass is 16.3. The van der Waals surface area contributed by atoms with Crippen LogP contribution in [-0.2, 0) is 0 Å². The summed E-state index contributed by atoms with van der Waals surface area (Å²) in [6, 6.07) is 0. The molecule has 0 aliphatic carbocycles. The van der Waals surface area contributed by atoms with Crippen molar-refractivity contribution in [3.05, 3.63) is 0 Å². The van der Waals surface area contributed by atoms with E-state index < -0.39 is 12.2 Å². The Balaban J connectivity index is 3.74. The Labute approximate surface area is 88.3 Å². The minimum absolute atomic E-state index is 0.518. The van der Waals surface area contributed by atoms with Crippen molar-refractivity contribution in [3.8, 4) is 0 Å². The second-order valence-electron chi connectivity index (χ2n) is 4.20. The predicted molar refractivity (Wildman–Crippen MR) is 60.2 cm³/mol. The molecule has 0 heterocycles. The fourth-order valence-corrected chi connectivity index (χ4v) is 1.73. The van der Waals surface area contributed by atoms with E-state index in [4.69, 9.17) is 0 Å². The van der Waals surface area contributed by atoms with E-state index in [1.54, 1.807) is 0 Å². The van der Waals surface area contributed by atoms with Crippen LogP contribution < -0.4 is 0 Å². The third kappa shape index (κ3) is 5.61. The fourth-order valence-electron chi connectivity index (χ4n) is 1.73. The second kappa shape index (κ2) is 8.25. The normalized spacial score (nSPS) is 15.9. The van der Waals surface area contributed by atoms with E-state index in [0.717, 1.165) is 38.5 Å². The SMILES string of the molecule is CCCCC(O)C(O)CC(CC)CC. The average Bonchev–Trinajstić information content (AvgIpc) is 2.21. The Morgan fingerprint density at radius 1 is 0.929 bits per heavy atom. The highest BCUT2D eigenvalue weighted by Crippen LogP contribution is 2.18. The first-order valence-electron chi connectivity index (χ1n) is 6.01. The molecule has 2 atom stereocenters. The lowest BCUT2D eigenvalue weighted by molar-refractivity contribution is -0.00116. The third-order valence-electron chi connectivity index (χ3n) is 3.03. The van der Waals surface area contributed by atoms with Crippen molar-refractivity contribution in [2.75, 3.05) is 0 Å². The Hall–Kier alpha value is -0.0800. The minimum Gasteiger partial charge on any atom is -0.390 e. The third-order valence-corrected chi connectivity index (χ3v) is 3.03. The molecule has 2 heteroatoms. The van der Waals surface area contributed by atoms with Gasteiger partial charge in [-0.15, -0.1) is 0 Å². The molecule has 2 unspecified atom stereocenters. The number of aliphatic hydroxyl groups is 2. The fraction of sp³-hybridized carbons (Fsp3) is 1.00. The summed E-state index contributed by atoms with van der Waals surface area (Å²) in [6.45, 7) is 6.37. The Morgan fingerprint density at radius 2 is 1.50 bits per heavy atom. The maximum absolute atomic E-state index is 9.73. The van der Waals surface area contributed by atoms with Gasteiger partial charge < -0.3 is 10.2 Å². The maximum atomic E-state index is 9.73. The second-order valence-corrected chi connectivity index (χ2v) is 4.20. The summed E-state index contributed by atoms with van der Waals surface area (Å²) in [7, 11) is 0. The lowest BCUT2D eigenvalue weighted by atomic mass is 9.92. The van der Waals surface area contributed by atoms with Gasteiger partial charge in [0, 0.05) is 0 Å². The summed E-state index contributed by atoms with van der Waals surface area (Å²) in [6.07, 6.45) is 4.70. The lowest BCUT2D eigenvalue weighted by Crippen LogP contribution is -2.28. The van der Waals surface area contributed by atoms with E-state index in [0.29, 0.717) is 5.92 Å². The highest BCUT2D eigenvalue weighted by molar-refractivity contribution is 4.70. The molecule has 0 saturated heterocycles. The van der Waals surface area contributed by atoms with Gasteiger partial charge >= 0.3 is 0 Å². The molecule has 0 aromatic carbocycles. The van der Waals surface area contributed by atoms with Crippen LogP contribution >= 0.6 is 0 Å². The largest absolute Gasteiger partial charge is 0.390 e. The Kier molecular flexibility index (Phi) is 8.20. The summed E-state index contributed by atoms with van der Waals surface area (Å²) in [5.74, 6) is 0.557. The summed E-state index contributed by atoms with van der Waals surface area (Å²) < 4.78 is 0. The van der Waals surface area contributed by atoms with E-state index in [1.165, 1.54) is 0 Å². The Morgan fingerprint density at radius 3 is 1.93 bits per heavy atom. The van der Waals surface area contributed by atoms with Crippen LogP contribution in [0, 0.1) is 5.92 Å². The molecule has 0 spiro atoms. The van der Waals surface area contributed by atoms with Crippen molar-refractivity contribution in [2.24, 2.45) is 5.92 Å². The van der Waals surface area contributed by atoms with Crippen LogP contribution in [0.25, 0.3) is 0 Å². The molecule has 0 aliphatic rings. The van der Waals surface area contributed by atoms with Crippen LogP contribution in [0.1, 0.15) is 59.3 Å². The molecule has 0 saturated carbocycles. The van der Waals surface area contributed by atoms with Crippen molar-refractivity contribution in [1.82, 2.24) is 0 Å². The van der Waals surface area contributed by atoms with Gasteiger partial charge in [-0.2, -0.15) is 0 Å². The molecule has 0 amide bonds. The van der Waals surface area contributed by atoms with Gasteiger partial charge in [-0.25, -0.2) is 0 Å². The number of rotatable bonds is 8. The van der Waals surface area contributed by atoms with Crippen LogP contribution in [0.2, 0.25) is 0 Å². The molecule has 86 valence electrons. The first-order valence-corrected chi connectivity index (χ1v) is 6.01. The molecule has 0 rings (SSSR count). The Bertz CT molecular complexity index is 121. The van der Waals surface area contributed by atoms with Gasteiger partial charge in [-0.1, -0.05) is 46.5 Å². The topological polar surface area (TPSA) is 40.5 Å². The van der Waals surface area contributed by atoms with Gasteiger partial charge in [0.2, 0.25) is 0 Å². The number of hydrogen-bond donors (Lipinski definition) is 2. The van der Waals surface area contributed by atoms with Crippen LogP contribution in [0.15, 0.2) is 0 Å². The average molecular weight is 202 g/mol. The lowest BCUT2D eigenvalue weighted by Gasteiger charge is -2.21. The van der Waals surface area contributed by atoms with Gasteiger partial charge in [0.1, 0.15) is 0 Å². The van der Waals surface area contributed by atoms with Crippen LogP contribution in [0.3, 0.4) is 0 Å². The highest BCUT2D eigenvalue weighted by Gasteiger charge is 2.18. The molecular formula is C12H26O2. The summed E-state index contributed by atoms with van der Waals surface area (Å²) in [5.41, 5.74) is 0. The van der Waals surface area contributed by atoms with E-state index in [9.17, 15) is 10.2 Å². The molecule has 2 N–H and O–H groups in total. The molecule has 0 fully saturated rings. The smallest absolute Gasteiger partial charge is 0.0801 e. The number of aliphatic hydroxyl groups excluding tert-OH is 2. The van der Waals surface area contributed by atoms with E-state index in [1.807, 2.05) is 0 Å². The van der Waals surface area contributed by atoms with Gasteiger partial charge in [0.25, 0.3) is 0 Å². The van der Waals surface area contributed by atoms with E-state index in [-0.39, 0.29) is 0 Å². The van der Waals surface area contributed by atoms with Crippen LogP contribution in [0.4, 0.5) is 0 Å². The zero-order chi connectivity index (χ0) is 11.0. The van der Waals surface area contributed by atoms with Gasteiger partial charge in [0.05, 0.1) is 12.2 Å². The zero-order valence-corrected chi connectivity index (χ0v) is 9.87. The van der Waals surface area contributed by atoms with Gasteiger partial charge in [0.15, 0.2) is 0 Å². The molecule has 14 heavy (non-hydrogen) atoms. The molecular weight excluding hydrogens is 176 g/mol. The zero-order valence-electron chi connectivity index (χ0n) is 9.87. The number of unbranched alkanes of at least 4 members (excludes halogenated alkanes) is 1. The summed E-state index contributed by atoms with van der Waals surface area (Å²) in [5, 5.41) is 19.4. The summed E-state index contributed by atoms with van der Waals surface area (Å²) >= 11 is 0. The van der Waals surface area contributed by atoms with E-state index >= 15 is 0 Å². The van der Waals surface area contributed by atoms with E-state index in [2.05, 4.69) is 20.8 Å². The molecule has 2 nitrogen and oxygen atoms in total. The van der Waals surface area contributed by atoms with Crippen LogP contribution in [0.5, 0.6) is 0 Å². The van der Waals surface area contributed by atoms with Crippen molar-refractivity contribution in [1.29, 1.82) is 0 Å².